The minimum Gasteiger partial charge on any atom is -0.477 e. The van der Waals surface area contributed by atoms with E-state index in [1.165, 1.54) is 39.8 Å². The van der Waals surface area contributed by atoms with Gasteiger partial charge in [0.25, 0.3) is 5.91 Å². The lowest BCUT2D eigenvalue weighted by Gasteiger charge is -2.49. The lowest BCUT2D eigenvalue weighted by atomic mass is 9.94. The van der Waals surface area contributed by atoms with Gasteiger partial charge in [-0.1, -0.05) is 60.4 Å². The Morgan fingerprint density at radius 2 is 2.06 bits per heavy atom. The van der Waals surface area contributed by atoms with E-state index in [1.54, 1.807) is 0 Å². The maximum absolute atomic E-state index is 12.9. The minimum absolute atomic E-state index is 0.0214. The van der Waals surface area contributed by atoms with Crippen LogP contribution in [0.15, 0.2) is 45.9 Å². The van der Waals surface area contributed by atoms with Gasteiger partial charge >= 0.3 is 5.97 Å². The smallest absolute Gasteiger partial charge is 0.352 e. The second-order valence-electron chi connectivity index (χ2n) is 7.40. The number of aryl methyl sites for hydroxylation is 1. The quantitative estimate of drug-likeness (QED) is 0.429. The molecule has 1 saturated heterocycles. The lowest BCUT2D eigenvalue weighted by molar-refractivity contribution is -0.150. The molecule has 0 bridgehead atoms. The number of hydrogen-bond acceptors (Lipinski definition) is 8. The Morgan fingerprint density at radius 1 is 1.31 bits per heavy atom. The molecule has 0 radical (unpaired) electrons. The molecule has 2 aromatic rings. The largest absolute Gasteiger partial charge is 0.477 e. The maximum Gasteiger partial charge on any atom is 0.352 e. The van der Waals surface area contributed by atoms with E-state index in [9.17, 15) is 19.5 Å². The number of nitrogens with one attached hydrogen (secondary N) is 1. The molecule has 8 nitrogen and oxygen atoms in total. The molecule has 2 aliphatic heterocycles. The number of thioether (sulfide) groups is 2. The van der Waals surface area contributed by atoms with Gasteiger partial charge in [-0.3, -0.25) is 14.5 Å². The van der Waals surface area contributed by atoms with Crippen LogP contribution in [0.4, 0.5) is 0 Å². The fraction of sp³-hybridized carbons (Fsp3) is 0.381. The van der Waals surface area contributed by atoms with E-state index in [0.29, 0.717) is 23.5 Å². The van der Waals surface area contributed by atoms with Gasteiger partial charge in [0.1, 0.15) is 22.1 Å². The topological polar surface area (TPSA) is 112 Å². The Balaban J connectivity index is 1.47. The van der Waals surface area contributed by atoms with Gasteiger partial charge in [0, 0.05) is 11.5 Å². The predicted octanol–water partition coefficient (Wildman–Crippen LogP) is 2.87. The summed E-state index contributed by atoms with van der Waals surface area (Å²) in [5.41, 5.74) is 1.59. The maximum atomic E-state index is 12.9. The highest BCUT2D eigenvalue weighted by atomic mass is 32.2. The third-order valence-corrected chi connectivity index (χ3v) is 8.75. The molecule has 3 heterocycles. The summed E-state index contributed by atoms with van der Waals surface area (Å²) in [7, 11) is 0. The number of benzene rings is 1. The summed E-state index contributed by atoms with van der Waals surface area (Å²) in [5, 5.41) is 21.1. The molecule has 1 aromatic carbocycles. The zero-order valence-electron chi connectivity index (χ0n) is 17.5. The van der Waals surface area contributed by atoms with Gasteiger partial charge in [-0.15, -0.1) is 22.0 Å². The molecule has 0 spiro atoms. The van der Waals surface area contributed by atoms with Crippen LogP contribution in [0.1, 0.15) is 29.8 Å². The van der Waals surface area contributed by atoms with Crippen LogP contribution in [0.5, 0.6) is 0 Å². The minimum atomic E-state index is -1.13. The van der Waals surface area contributed by atoms with Crippen LogP contribution in [0.3, 0.4) is 0 Å². The van der Waals surface area contributed by atoms with Gasteiger partial charge in [-0.05, 0) is 24.5 Å². The highest BCUT2D eigenvalue weighted by molar-refractivity contribution is 8.01. The van der Waals surface area contributed by atoms with Crippen molar-refractivity contribution in [1.82, 2.24) is 20.4 Å². The zero-order chi connectivity index (χ0) is 22.8. The molecule has 0 saturated carbocycles. The van der Waals surface area contributed by atoms with E-state index in [2.05, 4.69) is 15.5 Å². The molecule has 1 fully saturated rings. The highest BCUT2D eigenvalue weighted by Crippen LogP contribution is 2.42. The van der Waals surface area contributed by atoms with Crippen molar-refractivity contribution < 1.29 is 19.5 Å². The third-order valence-electron chi connectivity index (χ3n) is 5.35. The van der Waals surface area contributed by atoms with E-state index in [1.807, 2.05) is 44.2 Å². The van der Waals surface area contributed by atoms with Gasteiger partial charge in [0.2, 0.25) is 5.91 Å². The normalized spacial score (nSPS) is 21.1. The lowest BCUT2D eigenvalue weighted by Crippen LogP contribution is -2.70. The number of aliphatic carboxylic acids is 1. The van der Waals surface area contributed by atoms with Crippen molar-refractivity contribution in [3.8, 4) is 0 Å². The molecule has 0 aliphatic carbocycles. The van der Waals surface area contributed by atoms with Crippen LogP contribution in [0.2, 0.25) is 0 Å². The third kappa shape index (κ3) is 4.41. The van der Waals surface area contributed by atoms with Crippen LogP contribution in [-0.2, 0) is 14.4 Å². The van der Waals surface area contributed by atoms with Crippen LogP contribution in [0.25, 0.3) is 0 Å². The Kier molecular flexibility index (Phi) is 6.87. The molecule has 11 heteroatoms. The average molecular weight is 491 g/mol. The summed E-state index contributed by atoms with van der Waals surface area (Å²) < 4.78 is 0.762. The van der Waals surface area contributed by atoms with Crippen molar-refractivity contribution in [2.75, 3.05) is 11.5 Å². The monoisotopic (exact) mass is 490 g/mol. The number of amides is 2. The number of aromatic nitrogens is 2. The number of fused-ring (bicyclic) bond motifs is 1. The summed E-state index contributed by atoms with van der Waals surface area (Å²) >= 11 is 4.34. The Hall–Kier alpha value is -2.37. The number of carbonyl (C=O) groups is 3. The van der Waals surface area contributed by atoms with Gasteiger partial charge in [-0.25, -0.2) is 4.79 Å². The Morgan fingerprint density at radius 3 is 2.69 bits per heavy atom. The SMILES string of the molecule is CC[C@H](C(=O)N[C@H]1C(=O)N2C(C(=O)O)=C(CSc3nnc(C)s3)CS[C@H]12)c1ccccc1. The molecule has 2 N–H and O–H groups in total. The first kappa shape index (κ1) is 22.8. The number of β-lactam (4-membered cyclic amide) rings is 1. The first-order valence-electron chi connectivity index (χ1n) is 10.1. The number of hydrogen-bond donors (Lipinski definition) is 2. The van der Waals surface area contributed by atoms with Gasteiger partial charge in [0.05, 0.1) is 5.92 Å². The average Bonchev–Trinajstić information content (AvgIpc) is 3.21. The number of carboxylic acid groups (broad SMARTS) is 1. The molecule has 4 rings (SSSR count). The number of carbonyl (C=O) groups excluding carboxylic acids is 2. The molecular formula is C21H22N4O4S3. The molecule has 0 unspecified atom stereocenters. The first-order valence-corrected chi connectivity index (χ1v) is 12.9. The van der Waals surface area contributed by atoms with Crippen LogP contribution in [-0.4, -0.2) is 60.9 Å². The molecule has 2 aliphatic rings. The van der Waals surface area contributed by atoms with Crippen molar-refractivity contribution in [3.05, 3.63) is 52.2 Å². The summed E-state index contributed by atoms with van der Waals surface area (Å²) in [4.78, 5) is 39.1. The van der Waals surface area contributed by atoms with Crippen molar-refractivity contribution in [3.63, 3.8) is 0 Å². The van der Waals surface area contributed by atoms with Gasteiger partial charge in [0.15, 0.2) is 4.34 Å². The van der Waals surface area contributed by atoms with Crippen molar-refractivity contribution in [1.29, 1.82) is 0 Å². The first-order chi connectivity index (χ1) is 15.4. The Bertz CT molecular complexity index is 1070. The zero-order valence-corrected chi connectivity index (χ0v) is 19.9. The molecular weight excluding hydrogens is 468 g/mol. The summed E-state index contributed by atoms with van der Waals surface area (Å²) in [6.45, 7) is 3.79. The number of carboxylic acids is 1. The standard InChI is InChI=1S/C21H22N4O4S3/c1-3-14(12-7-5-4-6-8-12)17(26)22-15-18(27)25-16(20(28)29)13(9-30-19(15)25)10-31-21-24-23-11(2)32-21/h4-8,14-15,19H,3,9-10H2,1-2H3,(H,22,26)(H,28,29)/t14-,15-,19+/m0/s1. The van der Waals surface area contributed by atoms with Crippen molar-refractivity contribution >= 4 is 52.6 Å². The summed E-state index contributed by atoms with van der Waals surface area (Å²) in [6, 6.07) is 8.72. The van der Waals surface area contributed by atoms with E-state index < -0.39 is 17.4 Å². The second-order valence-corrected chi connectivity index (χ2v) is 10.9. The van der Waals surface area contributed by atoms with E-state index >= 15 is 0 Å². The second kappa shape index (κ2) is 9.63. The fourth-order valence-corrected chi connectivity index (χ4v) is 7.09. The van der Waals surface area contributed by atoms with Crippen molar-refractivity contribution in [2.45, 2.75) is 41.9 Å². The van der Waals surface area contributed by atoms with E-state index in [0.717, 1.165) is 14.9 Å². The van der Waals surface area contributed by atoms with Gasteiger partial charge < -0.3 is 10.4 Å². The van der Waals surface area contributed by atoms with Crippen LogP contribution < -0.4 is 5.32 Å². The number of rotatable bonds is 8. The van der Waals surface area contributed by atoms with E-state index in [4.69, 9.17) is 0 Å². The fourth-order valence-electron chi connectivity index (χ4n) is 3.79. The molecule has 168 valence electrons. The molecule has 2 amide bonds. The van der Waals surface area contributed by atoms with Gasteiger partial charge in [-0.2, -0.15) is 0 Å². The summed E-state index contributed by atoms with van der Waals surface area (Å²) in [5.74, 6) is -1.20. The van der Waals surface area contributed by atoms with Crippen LogP contribution in [0, 0.1) is 6.92 Å². The van der Waals surface area contributed by atoms with E-state index in [-0.39, 0.29) is 23.4 Å². The number of nitrogens with zero attached hydrogens (tertiary/aromatic N) is 3. The summed E-state index contributed by atoms with van der Waals surface area (Å²) in [6.07, 6.45) is 0.602. The molecule has 32 heavy (non-hydrogen) atoms. The van der Waals surface area contributed by atoms with Crippen LogP contribution >= 0.6 is 34.9 Å². The molecule has 1 aromatic heterocycles. The Labute approximate surface area is 197 Å². The van der Waals surface area contributed by atoms with Crippen molar-refractivity contribution in [2.24, 2.45) is 0 Å². The molecule has 3 atom stereocenters. The predicted molar refractivity (Wildman–Crippen MR) is 125 cm³/mol. The highest BCUT2D eigenvalue weighted by Gasteiger charge is 2.54.